The summed E-state index contributed by atoms with van der Waals surface area (Å²) in [6.45, 7) is 3.20. The van der Waals surface area contributed by atoms with Crippen LogP contribution in [0, 0.1) is 6.92 Å². The predicted octanol–water partition coefficient (Wildman–Crippen LogP) is 1.69. The monoisotopic (exact) mass is 270 g/mol. The van der Waals surface area contributed by atoms with Gasteiger partial charge in [0, 0.05) is 19.1 Å². The van der Waals surface area contributed by atoms with Gasteiger partial charge in [-0.1, -0.05) is 11.6 Å². The molecule has 5 heteroatoms. The van der Waals surface area contributed by atoms with Gasteiger partial charge < -0.3 is 15.7 Å². The van der Waals surface area contributed by atoms with Gasteiger partial charge in [0.05, 0.1) is 5.56 Å². The number of piperidine rings is 1. The van der Waals surface area contributed by atoms with Crippen LogP contribution in [0.5, 0.6) is 5.75 Å². The molecule has 1 saturated heterocycles. The summed E-state index contributed by atoms with van der Waals surface area (Å²) in [5.74, 6) is -0.0823. The lowest BCUT2D eigenvalue weighted by atomic mass is 10.0. The van der Waals surface area contributed by atoms with Crippen LogP contribution in [0.1, 0.15) is 28.8 Å². The molecule has 0 aliphatic carbocycles. The number of likely N-dealkylation sites (tertiary alicyclic amines) is 1. The van der Waals surface area contributed by atoms with Crippen molar-refractivity contribution < 1.29 is 9.90 Å². The van der Waals surface area contributed by atoms with Crippen molar-refractivity contribution in [2.45, 2.75) is 25.8 Å². The quantitative estimate of drug-likeness (QED) is 0.816. The number of carbonyl (C=O) groups is 1. The van der Waals surface area contributed by atoms with Crippen LogP contribution in [-0.2, 0) is 0 Å². The predicted molar refractivity (Wildman–Crippen MR) is 73.2 cm³/mol. The molecule has 1 aromatic rings. The van der Waals surface area contributed by atoms with Crippen LogP contribution in [0.4, 0.5) is 0 Å². The van der Waals surface area contributed by atoms with Gasteiger partial charge in [-0.05, 0) is 31.9 Å². The van der Waals surface area contributed by atoms with Gasteiger partial charge in [-0.25, -0.2) is 0 Å². The van der Waals surface area contributed by atoms with Gasteiger partial charge in [0.2, 0.25) is 0 Å². The molecule has 1 aliphatic rings. The first-order valence-electron chi connectivity index (χ1n) is 5.92. The lowest BCUT2D eigenvalue weighted by Gasteiger charge is -2.31. The van der Waals surface area contributed by atoms with E-state index in [0.29, 0.717) is 12.1 Å². The lowest BCUT2D eigenvalue weighted by molar-refractivity contribution is 0.0705. The summed E-state index contributed by atoms with van der Waals surface area (Å²) < 4.78 is 0. The van der Waals surface area contributed by atoms with Crippen molar-refractivity contribution in [1.29, 1.82) is 0 Å². The largest absolute Gasteiger partial charge is 0.507 e. The molecule has 1 aromatic carbocycles. The Kier molecular flexibility index (Phi) is 4.99. The fourth-order valence-electron chi connectivity index (χ4n) is 2.19. The van der Waals surface area contributed by atoms with E-state index >= 15 is 0 Å². The van der Waals surface area contributed by atoms with Gasteiger partial charge in [-0.2, -0.15) is 0 Å². The summed E-state index contributed by atoms with van der Waals surface area (Å²) in [6, 6.07) is 5.12. The molecule has 18 heavy (non-hydrogen) atoms. The highest BCUT2D eigenvalue weighted by Gasteiger charge is 2.24. The van der Waals surface area contributed by atoms with E-state index in [-0.39, 0.29) is 30.1 Å². The van der Waals surface area contributed by atoms with Crippen LogP contribution >= 0.6 is 12.4 Å². The van der Waals surface area contributed by atoms with E-state index in [1.165, 1.54) is 0 Å². The Morgan fingerprint density at radius 3 is 2.89 bits per heavy atom. The third-order valence-electron chi connectivity index (χ3n) is 3.13. The number of rotatable bonds is 1. The van der Waals surface area contributed by atoms with Crippen molar-refractivity contribution in [1.82, 2.24) is 4.90 Å². The number of hydrogen-bond donors (Lipinski definition) is 2. The standard InChI is InChI=1S/C13H18N2O2.ClH/c1-9-4-5-12(16)11(7-9)13(17)15-6-2-3-10(14)8-15;/h4-5,7,10,16H,2-3,6,8,14H2,1H3;1H. The van der Waals surface area contributed by atoms with E-state index in [9.17, 15) is 9.90 Å². The molecule has 1 aliphatic heterocycles. The van der Waals surface area contributed by atoms with Gasteiger partial charge in [0.25, 0.3) is 5.91 Å². The van der Waals surface area contributed by atoms with Crippen molar-refractivity contribution in [3.8, 4) is 5.75 Å². The molecule has 3 N–H and O–H groups in total. The summed E-state index contributed by atoms with van der Waals surface area (Å²) >= 11 is 0. The summed E-state index contributed by atoms with van der Waals surface area (Å²) in [6.07, 6.45) is 1.89. The van der Waals surface area contributed by atoms with Crippen LogP contribution in [0.2, 0.25) is 0 Å². The van der Waals surface area contributed by atoms with Crippen molar-refractivity contribution in [3.63, 3.8) is 0 Å². The van der Waals surface area contributed by atoms with E-state index in [4.69, 9.17) is 5.73 Å². The van der Waals surface area contributed by atoms with Crippen LogP contribution in [0.25, 0.3) is 0 Å². The number of nitrogens with zero attached hydrogens (tertiary/aromatic N) is 1. The highest BCUT2D eigenvalue weighted by atomic mass is 35.5. The molecule has 0 bridgehead atoms. The highest BCUT2D eigenvalue weighted by molar-refractivity contribution is 5.97. The number of phenols is 1. The second-order valence-corrected chi connectivity index (χ2v) is 4.67. The SMILES string of the molecule is Cc1ccc(O)c(C(=O)N2CCCC(N)C2)c1.Cl. The van der Waals surface area contributed by atoms with Crippen molar-refractivity contribution in [2.24, 2.45) is 5.73 Å². The molecule has 1 unspecified atom stereocenters. The Morgan fingerprint density at radius 1 is 1.50 bits per heavy atom. The molecule has 4 nitrogen and oxygen atoms in total. The Bertz CT molecular complexity index is 437. The van der Waals surface area contributed by atoms with Gasteiger partial charge in [-0.15, -0.1) is 12.4 Å². The molecule has 0 spiro atoms. The molecular weight excluding hydrogens is 252 g/mol. The number of hydrogen-bond acceptors (Lipinski definition) is 3. The topological polar surface area (TPSA) is 66.6 Å². The number of nitrogens with two attached hydrogens (primary N) is 1. The van der Waals surface area contributed by atoms with E-state index < -0.39 is 0 Å². The average molecular weight is 271 g/mol. The first-order valence-corrected chi connectivity index (χ1v) is 5.92. The van der Waals surface area contributed by atoms with E-state index in [1.807, 2.05) is 6.92 Å². The number of halogens is 1. The summed E-state index contributed by atoms with van der Waals surface area (Å²) in [4.78, 5) is 14.0. The van der Waals surface area contributed by atoms with Crippen molar-refractivity contribution >= 4 is 18.3 Å². The number of aromatic hydroxyl groups is 1. The molecule has 0 aromatic heterocycles. The minimum absolute atomic E-state index is 0. The summed E-state index contributed by atoms with van der Waals surface area (Å²) in [7, 11) is 0. The number of amides is 1. The Hall–Kier alpha value is -1.26. The van der Waals surface area contributed by atoms with Crippen LogP contribution in [0.15, 0.2) is 18.2 Å². The maximum atomic E-state index is 12.2. The molecular formula is C13H19ClN2O2. The van der Waals surface area contributed by atoms with Gasteiger partial charge in [0.15, 0.2) is 0 Å². The first kappa shape index (κ1) is 14.8. The maximum Gasteiger partial charge on any atom is 0.257 e. The molecule has 100 valence electrons. The van der Waals surface area contributed by atoms with Crippen molar-refractivity contribution in [2.75, 3.05) is 13.1 Å². The Balaban J connectivity index is 0.00000162. The fourth-order valence-corrected chi connectivity index (χ4v) is 2.19. The Labute approximate surface area is 113 Å². The zero-order chi connectivity index (χ0) is 12.4. The van der Waals surface area contributed by atoms with Crippen molar-refractivity contribution in [3.05, 3.63) is 29.3 Å². The molecule has 1 amide bonds. The third-order valence-corrected chi connectivity index (χ3v) is 3.13. The number of phenolic OH excluding ortho intramolecular Hbond substituents is 1. The Morgan fingerprint density at radius 2 is 2.22 bits per heavy atom. The molecule has 2 rings (SSSR count). The van der Waals surface area contributed by atoms with Crippen LogP contribution in [0.3, 0.4) is 0 Å². The zero-order valence-corrected chi connectivity index (χ0v) is 11.2. The van der Waals surface area contributed by atoms with E-state index in [0.717, 1.165) is 24.9 Å². The van der Waals surface area contributed by atoms with Gasteiger partial charge in [-0.3, -0.25) is 4.79 Å². The van der Waals surface area contributed by atoms with Gasteiger partial charge >= 0.3 is 0 Å². The average Bonchev–Trinajstić information content (AvgIpc) is 2.31. The smallest absolute Gasteiger partial charge is 0.257 e. The number of aryl methyl sites for hydroxylation is 1. The lowest BCUT2D eigenvalue weighted by Crippen LogP contribution is -2.45. The second kappa shape index (κ2) is 6.07. The first-order chi connectivity index (χ1) is 8.08. The summed E-state index contributed by atoms with van der Waals surface area (Å²) in [5, 5.41) is 9.72. The third kappa shape index (κ3) is 3.15. The molecule has 0 saturated carbocycles. The molecule has 1 atom stereocenters. The van der Waals surface area contributed by atoms with E-state index in [2.05, 4.69) is 0 Å². The minimum Gasteiger partial charge on any atom is -0.507 e. The van der Waals surface area contributed by atoms with Crippen LogP contribution < -0.4 is 5.73 Å². The van der Waals surface area contributed by atoms with Crippen LogP contribution in [-0.4, -0.2) is 35.0 Å². The second-order valence-electron chi connectivity index (χ2n) is 4.67. The zero-order valence-electron chi connectivity index (χ0n) is 10.4. The molecule has 1 heterocycles. The molecule has 1 fully saturated rings. The summed E-state index contributed by atoms with van der Waals surface area (Å²) in [5.41, 5.74) is 7.19. The fraction of sp³-hybridized carbons (Fsp3) is 0.462. The normalized spacial score (nSPS) is 19.2. The molecule has 0 radical (unpaired) electrons. The number of benzene rings is 1. The highest BCUT2D eigenvalue weighted by Crippen LogP contribution is 2.21. The number of carbonyl (C=O) groups excluding carboxylic acids is 1. The maximum absolute atomic E-state index is 12.2. The van der Waals surface area contributed by atoms with Gasteiger partial charge in [0.1, 0.15) is 5.75 Å². The van der Waals surface area contributed by atoms with E-state index in [1.54, 1.807) is 23.1 Å². The minimum atomic E-state index is -0.124.